The van der Waals surface area contributed by atoms with Crippen molar-refractivity contribution in [1.82, 2.24) is 0 Å². The average Bonchev–Trinajstić information content (AvgIpc) is 3.09. The number of hydrogen-bond donors (Lipinski definition) is 1. The highest BCUT2D eigenvalue weighted by atomic mass is 19.1. The van der Waals surface area contributed by atoms with Crippen molar-refractivity contribution in [3.8, 4) is 0 Å². The summed E-state index contributed by atoms with van der Waals surface area (Å²) in [5.41, 5.74) is 1.64. The molecule has 0 bridgehead atoms. The molecular formula is C28H20FNO3. The number of halogens is 1. The number of amides is 1. The molecule has 0 saturated carbocycles. The molecule has 4 aromatic carbocycles. The highest BCUT2D eigenvalue weighted by Gasteiger charge is 2.48. The zero-order chi connectivity index (χ0) is 23.1. The van der Waals surface area contributed by atoms with Crippen molar-refractivity contribution in [3.05, 3.63) is 119 Å². The monoisotopic (exact) mass is 437 g/mol. The van der Waals surface area contributed by atoms with Crippen molar-refractivity contribution in [2.75, 3.05) is 4.90 Å². The largest absolute Gasteiger partial charge is 0.507 e. The number of carbonyl (C=O) groups is 2. The molecule has 1 N–H and O–H groups in total. The number of hydrogen-bond acceptors (Lipinski definition) is 3. The molecule has 162 valence electrons. The van der Waals surface area contributed by atoms with Gasteiger partial charge in [-0.2, -0.15) is 0 Å². The van der Waals surface area contributed by atoms with Crippen molar-refractivity contribution < 1.29 is 19.1 Å². The van der Waals surface area contributed by atoms with Crippen LogP contribution in [0.1, 0.15) is 22.7 Å². The van der Waals surface area contributed by atoms with E-state index in [4.69, 9.17) is 0 Å². The fourth-order valence-electron chi connectivity index (χ4n) is 4.40. The van der Waals surface area contributed by atoms with Crippen LogP contribution in [0.2, 0.25) is 0 Å². The van der Waals surface area contributed by atoms with Gasteiger partial charge in [0.15, 0.2) is 0 Å². The lowest BCUT2D eigenvalue weighted by atomic mass is 9.94. The lowest BCUT2D eigenvalue weighted by Crippen LogP contribution is -2.30. The van der Waals surface area contributed by atoms with E-state index in [9.17, 15) is 19.1 Å². The lowest BCUT2D eigenvalue weighted by Gasteiger charge is -2.27. The smallest absolute Gasteiger partial charge is 0.300 e. The Balaban J connectivity index is 1.77. The number of carbonyl (C=O) groups excluding carboxylic acids is 2. The van der Waals surface area contributed by atoms with E-state index in [-0.39, 0.29) is 16.9 Å². The van der Waals surface area contributed by atoms with E-state index in [1.807, 2.05) is 49.4 Å². The first-order chi connectivity index (χ1) is 16.0. The van der Waals surface area contributed by atoms with Crippen LogP contribution in [-0.2, 0) is 9.59 Å². The summed E-state index contributed by atoms with van der Waals surface area (Å²) in [4.78, 5) is 27.7. The van der Waals surface area contributed by atoms with Crippen molar-refractivity contribution in [1.29, 1.82) is 0 Å². The Bertz CT molecular complexity index is 1460. The van der Waals surface area contributed by atoms with E-state index in [1.54, 1.807) is 36.4 Å². The molecule has 1 heterocycles. The molecule has 0 aromatic heterocycles. The summed E-state index contributed by atoms with van der Waals surface area (Å²) in [5, 5.41) is 13.1. The van der Waals surface area contributed by atoms with Gasteiger partial charge in [0.1, 0.15) is 11.6 Å². The molecule has 0 aliphatic carbocycles. The van der Waals surface area contributed by atoms with Crippen molar-refractivity contribution in [3.63, 3.8) is 0 Å². The first kappa shape index (κ1) is 20.6. The molecule has 0 spiro atoms. The van der Waals surface area contributed by atoms with Crippen LogP contribution in [0.4, 0.5) is 10.1 Å². The number of fused-ring (bicyclic) bond motifs is 1. The van der Waals surface area contributed by atoms with Crippen LogP contribution < -0.4 is 4.90 Å². The molecule has 1 aliphatic rings. The summed E-state index contributed by atoms with van der Waals surface area (Å²) in [7, 11) is 0. The lowest BCUT2D eigenvalue weighted by molar-refractivity contribution is -0.132. The highest BCUT2D eigenvalue weighted by Crippen LogP contribution is 2.43. The molecule has 1 atom stereocenters. The quantitative estimate of drug-likeness (QED) is 0.246. The maximum absolute atomic E-state index is 15.0. The van der Waals surface area contributed by atoms with Crippen LogP contribution >= 0.6 is 0 Å². The van der Waals surface area contributed by atoms with Gasteiger partial charge in [0.2, 0.25) is 0 Å². The number of nitrogens with zero attached hydrogens (tertiary/aromatic N) is 1. The van der Waals surface area contributed by atoms with E-state index in [1.165, 1.54) is 17.0 Å². The Kier molecular flexibility index (Phi) is 5.02. The van der Waals surface area contributed by atoms with E-state index in [0.717, 1.165) is 16.3 Å². The number of aliphatic hydroxyl groups excluding tert-OH is 1. The van der Waals surface area contributed by atoms with Crippen LogP contribution in [0.15, 0.2) is 96.6 Å². The van der Waals surface area contributed by atoms with Gasteiger partial charge in [-0.1, -0.05) is 72.8 Å². The number of ketones is 1. The van der Waals surface area contributed by atoms with E-state index in [2.05, 4.69) is 0 Å². The molecule has 4 nitrogen and oxygen atoms in total. The number of benzene rings is 4. The summed E-state index contributed by atoms with van der Waals surface area (Å²) >= 11 is 0. The second kappa shape index (κ2) is 8.02. The Morgan fingerprint density at radius 3 is 2.27 bits per heavy atom. The standard InChI is InChI=1S/C28H20FNO3/c1-17-8-2-7-13-23(17)30-25(21-11-5-6-12-22(21)29)24(27(32)28(30)33)26(31)20-15-14-18-9-3-4-10-19(18)16-20/h2-16,25,31H,1H3/b26-24+. The minimum atomic E-state index is -1.10. The zero-order valence-corrected chi connectivity index (χ0v) is 17.8. The Hall–Kier alpha value is -4.25. The molecule has 1 aliphatic heterocycles. The Morgan fingerprint density at radius 2 is 1.52 bits per heavy atom. The first-order valence-corrected chi connectivity index (χ1v) is 10.6. The predicted molar refractivity (Wildman–Crippen MR) is 126 cm³/mol. The maximum atomic E-state index is 15.0. The van der Waals surface area contributed by atoms with E-state index in [0.29, 0.717) is 11.3 Å². The minimum absolute atomic E-state index is 0.136. The molecule has 1 saturated heterocycles. The van der Waals surface area contributed by atoms with Crippen LogP contribution in [0.25, 0.3) is 16.5 Å². The summed E-state index contributed by atoms with van der Waals surface area (Å²) in [6.45, 7) is 1.82. The highest BCUT2D eigenvalue weighted by molar-refractivity contribution is 6.51. The fourth-order valence-corrected chi connectivity index (χ4v) is 4.40. The Morgan fingerprint density at radius 1 is 0.848 bits per heavy atom. The molecule has 1 fully saturated rings. The van der Waals surface area contributed by atoms with Gasteiger partial charge in [0.25, 0.3) is 11.7 Å². The van der Waals surface area contributed by atoms with Crippen LogP contribution in [0.5, 0.6) is 0 Å². The summed E-state index contributed by atoms with van der Waals surface area (Å²) in [5.74, 6) is -2.55. The minimum Gasteiger partial charge on any atom is -0.507 e. The molecular weight excluding hydrogens is 417 g/mol. The second-order valence-electron chi connectivity index (χ2n) is 8.04. The summed E-state index contributed by atoms with van der Waals surface area (Å²) < 4.78 is 15.0. The van der Waals surface area contributed by atoms with Gasteiger partial charge in [0, 0.05) is 16.8 Å². The number of anilines is 1. The number of aryl methyl sites for hydroxylation is 1. The average molecular weight is 437 g/mol. The van der Waals surface area contributed by atoms with Gasteiger partial charge in [-0.25, -0.2) is 4.39 Å². The second-order valence-corrected chi connectivity index (χ2v) is 8.04. The maximum Gasteiger partial charge on any atom is 0.300 e. The van der Waals surface area contributed by atoms with Crippen molar-refractivity contribution in [2.24, 2.45) is 0 Å². The third-order valence-corrected chi connectivity index (χ3v) is 6.04. The number of Topliss-reactive ketones (excluding diaryl/α,β-unsaturated/α-hetero) is 1. The van der Waals surface area contributed by atoms with Gasteiger partial charge in [-0.05, 0) is 41.5 Å². The van der Waals surface area contributed by atoms with E-state index >= 15 is 0 Å². The molecule has 4 aromatic rings. The predicted octanol–water partition coefficient (Wildman–Crippen LogP) is 5.91. The van der Waals surface area contributed by atoms with Gasteiger partial charge < -0.3 is 5.11 Å². The summed E-state index contributed by atoms with van der Waals surface area (Å²) in [6, 6.07) is 24.9. The number of aliphatic hydroxyl groups is 1. The van der Waals surface area contributed by atoms with Crippen molar-refractivity contribution >= 4 is 33.9 Å². The van der Waals surface area contributed by atoms with Gasteiger partial charge >= 0.3 is 0 Å². The first-order valence-electron chi connectivity index (χ1n) is 10.6. The number of para-hydroxylation sites is 1. The SMILES string of the molecule is Cc1ccccc1N1C(=O)C(=O)/C(=C(/O)c2ccc3ccccc3c2)C1c1ccccc1F. The molecule has 5 heteroatoms. The van der Waals surface area contributed by atoms with Crippen LogP contribution in [-0.4, -0.2) is 16.8 Å². The molecule has 5 rings (SSSR count). The number of rotatable bonds is 3. The zero-order valence-electron chi connectivity index (χ0n) is 17.8. The third kappa shape index (κ3) is 3.38. The molecule has 1 unspecified atom stereocenters. The summed E-state index contributed by atoms with van der Waals surface area (Å²) in [6.07, 6.45) is 0. The van der Waals surface area contributed by atoms with Gasteiger partial charge in [0.05, 0.1) is 11.6 Å². The van der Waals surface area contributed by atoms with Gasteiger partial charge in [-0.15, -0.1) is 0 Å². The van der Waals surface area contributed by atoms with Gasteiger partial charge in [-0.3, -0.25) is 14.5 Å². The normalized spacial score (nSPS) is 17.6. The Labute approximate surface area is 190 Å². The van der Waals surface area contributed by atoms with Crippen LogP contribution in [0.3, 0.4) is 0 Å². The fraction of sp³-hybridized carbons (Fsp3) is 0.0714. The third-order valence-electron chi connectivity index (χ3n) is 6.04. The molecule has 33 heavy (non-hydrogen) atoms. The topological polar surface area (TPSA) is 57.6 Å². The van der Waals surface area contributed by atoms with E-state index < -0.39 is 23.5 Å². The van der Waals surface area contributed by atoms with Crippen molar-refractivity contribution in [2.45, 2.75) is 13.0 Å². The molecule has 1 amide bonds. The van der Waals surface area contributed by atoms with Crippen LogP contribution in [0, 0.1) is 12.7 Å². The molecule has 0 radical (unpaired) electrons.